The Labute approximate surface area is 226 Å². The van der Waals surface area contributed by atoms with Crippen LogP contribution in [0.3, 0.4) is 0 Å². The standard InChI is InChI=1S/C30H33FN6O2/c1-19-5-6-24(14-33-19)35-11-3-4-25(18-35)36(15-21-9-10-32-20(2)12-21)16-22-17-37(23-7-8-23)29-26(28(22)38)13-27(31)30(39)34-29/h5-6,9-10,12-14,17,23,25H,3-4,7-8,11,15-16,18H2,1-2H3,(H,34,39)/t25-/m0/s1. The molecule has 202 valence electrons. The van der Waals surface area contributed by atoms with Crippen LogP contribution in [0.15, 0.2) is 58.5 Å². The number of piperidine rings is 1. The van der Waals surface area contributed by atoms with E-state index in [1.165, 1.54) is 0 Å². The van der Waals surface area contributed by atoms with Gasteiger partial charge in [-0.05, 0) is 75.4 Å². The summed E-state index contributed by atoms with van der Waals surface area (Å²) in [6.45, 7) is 6.83. The van der Waals surface area contributed by atoms with Gasteiger partial charge in [0, 0.05) is 67.6 Å². The summed E-state index contributed by atoms with van der Waals surface area (Å²) in [7, 11) is 0. The van der Waals surface area contributed by atoms with Crippen molar-refractivity contribution >= 4 is 16.7 Å². The molecule has 5 heterocycles. The zero-order chi connectivity index (χ0) is 27.1. The van der Waals surface area contributed by atoms with Crippen LogP contribution in [0, 0.1) is 19.7 Å². The van der Waals surface area contributed by atoms with E-state index in [1.54, 1.807) is 0 Å². The van der Waals surface area contributed by atoms with Crippen molar-refractivity contribution in [1.82, 2.24) is 24.4 Å². The van der Waals surface area contributed by atoms with Gasteiger partial charge < -0.3 is 14.5 Å². The molecule has 6 rings (SSSR count). The van der Waals surface area contributed by atoms with E-state index < -0.39 is 11.4 Å². The maximum atomic E-state index is 14.3. The lowest BCUT2D eigenvalue weighted by molar-refractivity contribution is 0.158. The van der Waals surface area contributed by atoms with Gasteiger partial charge in [0.15, 0.2) is 11.2 Å². The molecule has 1 atom stereocenters. The number of nitrogens with one attached hydrogen (secondary N) is 1. The second-order valence-corrected chi connectivity index (χ2v) is 10.9. The molecule has 39 heavy (non-hydrogen) atoms. The third kappa shape index (κ3) is 5.36. The monoisotopic (exact) mass is 528 g/mol. The molecule has 1 saturated heterocycles. The highest BCUT2D eigenvalue weighted by Gasteiger charge is 2.29. The van der Waals surface area contributed by atoms with Gasteiger partial charge >= 0.3 is 0 Å². The van der Waals surface area contributed by atoms with Crippen LogP contribution >= 0.6 is 0 Å². The van der Waals surface area contributed by atoms with Crippen molar-refractivity contribution in [3.8, 4) is 0 Å². The van der Waals surface area contributed by atoms with Crippen molar-refractivity contribution in [3.05, 3.63) is 97.8 Å². The van der Waals surface area contributed by atoms with Crippen molar-refractivity contribution < 1.29 is 4.39 Å². The first-order chi connectivity index (χ1) is 18.9. The minimum absolute atomic E-state index is 0.199. The Hall–Kier alpha value is -3.85. The topological polar surface area (TPSA) is 87.1 Å². The van der Waals surface area contributed by atoms with Crippen LogP contribution in [0.2, 0.25) is 0 Å². The summed E-state index contributed by atoms with van der Waals surface area (Å²) in [6.07, 6.45) is 9.61. The Morgan fingerprint density at radius 3 is 2.64 bits per heavy atom. The molecule has 4 aromatic rings. The molecule has 2 aliphatic rings. The zero-order valence-electron chi connectivity index (χ0n) is 22.4. The summed E-state index contributed by atoms with van der Waals surface area (Å²) in [6, 6.07) is 9.77. The van der Waals surface area contributed by atoms with Gasteiger partial charge in [0.2, 0.25) is 0 Å². The number of fused-ring (bicyclic) bond motifs is 1. The van der Waals surface area contributed by atoms with Crippen LogP contribution in [0.25, 0.3) is 11.0 Å². The quantitative estimate of drug-likeness (QED) is 0.386. The fourth-order valence-corrected chi connectivity index (χ4v) is 5.69. The molecule has 0 unspecified atom stereocenters. The van der Waals surface area contributed by atoms with Gasteiger partial charge in [0.05, 0.1) is 17.3 Å². The van der Waals surface area contributed by atoms with Crippen LogP contribution in [0.1, 0.15) is 54.2 Å². The van der Waals surface area contributed by atoms with Gasteiger partial charge in [0.1, 0.15) is 5.65 Å². The van der Waals surface area contributed by atoms with Crippen molar-refractivity contribution in [3.63, 3.8) is 0 Å². The SMILES string of the molecule is Cc1ccc(N2CCC[C@H](N(Cc3ccnc(C)c3)Cc3cn(C4CC4)c4[nH]c(=O)c(F)cc4c3=O)C2)cn1. The van der Waals surface area contributed by atoms with Crippen LogP contribution in [0.5, 0.6) is 0 Å². The van der Waals surface area contributed by atoms with Gasteiger partial charge in [-0.3, -0.25) is 24.5 Å². The summed E-state index contributed by atoms with van der Waals surface area (Å²) in [5, 5.41) is 0.229. The highest BCUT2D eigenvalue weighted by Crippen LogP contribution is 2.36. The van der Waals surface area contributed by atoms with Crippen LogP contribution in [0.4, 0.5) is 10.1 Å². The molecular formula is C30H33FN6O2. The van der Waals surface area contributed by atoms with Crippen molar-refractivity contribution in [2.45, 2.75) is 64.7 Å². The highest BCUT2D eigenvalue weighted by atomic mass is 19.1. The maximum Gasteiger partial charge on any atom is 0.285 e. The summed E-state index contributed by atoms with van der Waals surface area (Å²) in [5.41, 5.74) is 4.16. The van der Waals surface area contributed by atoms with Gasteiger partial charge in [-0.25, -0.2) is 4.39 Å². The normalized spacial score (nSPS) is 17.7. The molecule has 4 aromatic heterocycles. The summed E-state index contributed by atoms with van der Waals surface area (Å²) in [5.74, 6) is -0.933. The van der Waals surface area contributed by atoms with E-state index in [-0.39, 0.29) is 22.9 Å². The summed E-state index contributed by atoms with van der Waals surface area (Å²) < 4.78 is 16.3. The molecule has 0 radical (unpaired) electrons. The smallest absolute Gasteiger partial charge is 0.285 e. The number of hydrogen-bond acceptors (Lipinski definition) is 6. The van der Waals surface area contributed by atoms with E-state index in [2.05, 4.69) is 36.9 Å². The molecule has 0 amide bonds. The molecule has 9 heteroatoms. The fourth-order valence-electron chi connectivity index (χ4n) is 5.69. The van der Waals surface area contributed by atoms with E-state index >= 15 is 0 Å². The number of rotatable bonds is 7. The second-order valence-electron chi connectivity index (χ2n) is 10.9. The largest absolute Gasteiger partial charge is 0.369 e. The zero-order valence-corrected chi connectivity index (χ0v) is 22.4. The molecule has 0 bridgehead atoms. The van der Waals surface area contributed by atoms with E-state index in [9.17, 15) is 14.0 Å². The summed E-state index contributed by atoms with van der Waals surface area (Å²) in [4.78, 5) is 41.9. The van der Waals surface area contributed by atoms with E-state index in [0.29, 0.717) is 24.3 Å². The molecule has 1 saturated carbocycles. The Morgan fingerprint density at radius 1 is 1.05 bits per heavy atom. The van der Waals surface area contributed by atoms with Crippen molar-refractivity contribution in [1.29, 1.82) is 0 Å². The fraction of sp³-hybridized carbons (Fsp3) is 0.400. The predicted octanol–water partition coefficient (Wildman–Crippen LogP) is 4.24. The van der Waals surface area contributed by atoms with Crippen LogP contribution < -0.4 is 15.9 Å². The van der Waals surface area contributed by atoms with Gasteiger partial charge in [0.25, 0.3) is 5.56 Å². The number of anilines is 1. The van der Waals surface area contributed by atoms with E-state index in [4.69, 9.17) is 0 Å². The lowest BCUT2D eigenvalue weighted by atomic mass is 10.0. The van der Waals surface area contributed by atoms with Crippen molar-refractivity contribution in [2.75, 3.05) is 18.0 Å². The predicted molar refractivity (Wildman–Crippen MR) is 149 cm³/mol. The van der Waals surface area contributed by atoms with Gasteiger partial charge in [-0.15, -0.1) is 0 Å². The third-order valence-corrected chi connectivity index (χ3v) is 7.90. The number of halogens is 1. The Kier molecular flexibility index (Phi) is 6.76. The lowest BCUT2D eigenvalue weighted by Gasteiger charge is -2.40. The molecule has 8 nitrogen and oxygen atoms in total. The number of aromatic amines is 1. The minimum Gasteiger partial charge on any atom is -0.369 e. The molecule has 2 fully saturated rings. The molecule has 0 aromatic carbocycles. The molecule has 1 aliphatic heterocycles. The number of hydrogen-bond donors (Lipinski definition) is 1. The van der Waals surface area contributed by atoms with Crippen LogP contribution in [-0.2, 0) is 13.1 Å². The number of aromatic nitrogens is 4. The van der Waals surface area contributed by atoms with Crippen LogP contribution in [-0.4, -0.2) is 43.6 Å². The number of nitrogens with zero attached hydrogens (tertiary/aromatic N) is 5. The van der Waals surface area contributed by atoms with Gasteiger partial charge in [-0.2, -0.15) is 0 Å². The number of aryl methyl sites for hydroxylation is 2. The van der Waals surface area contributed by atoms with E-state index in [0.717, 1.165) is 67.5 Å². The first-order valence-electron chi connectivity index (χ1n) is 13.7. The molecule has 1 N–H and O–H groups in total. The number of pyridine rings is 4. The first-order valence-corrected chi connectivity index (χ1v) is 13.7. The molecule has 0 spiro atoms. The van der Waals surface area contributed by atoms with Gasteiger partial charge in [-0.1, -0.05) is 0 Å². The second kappa shape index (κ2) is 10.4. The minimum atomic E-state index is -0.933. The van der Waals surface area contributed by atoms with Crippen molar-refractivity contribution in [2.24, 2.45) is 0 Å². The lowest BCUT2D eigenvalue weighted by Crippen LogP contribution is -2.48. The Balaban J connectivity index is 1.37. The molecular weight excluding hydrogens is 495 g/mol. The Bertz CT molecular complexity index is 1630. The highest BCUT2D eigenvalue weighted by molar-refractivity contribution is 5.75. The number of H-pyrrole nitrogens is 1. The average Bonchev–Trinajstić information content (AvgIpc) is 3.77. The third-order valence-electron chi connectivity index (χ3n) is 7.90. The Morgan fingerprint density at radius 2 is 1.90 bits per heavy atom. The first kappa shape index (κ1) is 25.4. The maximum absolute atomic E-state index is 14.3. The molecule has 1 aliphatic carbocycles. The van der Waals surface area contributed by atoms with E-state index in [1.807, 2.05) is 49.1 Å². The average molecular weight is 529 g/mol. The summed E-state index contributed by atoms with van der Waals surface area (Å²) >= 11 is 0.